The molecule has 0 bridgehead atoms. The molecule has 7 nitrogen and oxygen atoms in total. The van der Waals surface area contributed by atoms with Crippen LogP contribution in [0.1, 0.15) is 48.9 Å². The maximum Gasteiger partial charge on any atom is 0.270 e. The molecule has 0 saturated heterocycles. The SMILES string of the molecule is O=C(Nc1nnc(S(=O)(=O)NC2CCCCCC2)s1)c1ccc(Cl)cc1. The van der Waals surface area contributed by atoms with Gasteiger partial charge in [0.15, 0.2) is 0 Å². The molecule has 0 radical (unpaired) electrons. The third-order valence-electron chi connectivity index (χ3n) is 4.14. The zero-order chi connectivity index (χ0) is 18.6. The minimum atomic E-state index is -3.74. The molecular formula is C16H19ClN4O3S2. The summed E-state index contributed by atoms with van der Waals surface area (Å²) in [5.41, 5.74) is 0.394. The third kappa shape index (κ3) is 5.00. The number of hydrogen-bond acceptors (Lipinski definition) is 6. The minimum Gasteiger partial charge on any atom is -0.296 e. The summed E-state index contributed by atoms with van der Waals surface area (Å²) in [6.45, 7) is 0. The molecule has 0 atom stereocenters. The zero-order valence-electron chi connectivity index (χ0n) is 13.9. The predicted octanol–water partition coefficient (Wildman–Crippen LogP) is 3.44. The highest BCUT2D eigenvalue weighted by Gasteiger charge is 2.25. The van der Waals surface area contributed by atoms with E-state index in [1.165, 1.54) is 0 Å². The van der Waals surface area contributed by atoms with Crippen LogP contribution in [0.3, 0.4) is 0 Å². The molecule has 1 aliphatic carbocycles. The van der Waals surface area contributed by atoms with Crippen molar-refractivity contribution < 1.29 is 13.2 Å². The van der Waals surface area contributed by atoms with E-state index >= 15 is 0 Å². The van der Waals surface area contributed by atoms with Crippen LogP contribution in [-0.4, -0.2) is 30.6 Å². The molecule has 1 fully saturated rings. The van der Waals surface area contributed by atoms with E-state index in [4.69, 9.17) is 11.6 Å². The van der Waals surface area contributed by atoms with Crippen molar-refractivity contribution in [2.45, 2.75) is 48.9 Å². The molecule has 1 aliphatic rings. The van der Waals surface area contributed by atoms with Gasteiger partial charge in [-0.2, -0.15) is 0 Å². The summed E-state index contributed by atoms with van der Waals surface area (Å²) in [5.74, 6) is -0.404. The van der Waals surface area contributed by atoms with Gasteiger partial charge in [0, 0.05) is 16.6 Å². The number of hydrogen-bond donors (Lipinski definition) is 2. The van der Waals surface area contributed by atoms with Gasteiger partial charge in [-0.15, -0.1) is 10.2 Å². The van der Waals surface area contributed by atoms with Crippen molar-refractivity contribution in [3.8, 4) is 0 Å². The fourth-order valence-corrected chi connectivity index (χ4v) is 5.15. The summed E-state index contributed by atoms with van der Waals surface area (Å²) >= 11 is 6.62. The maximum atomic E-state index is 12.5. The number of nitrogens with one attached hydrogen (secondary N) is 2. The van der Waals surface area contributed by atoms with Gasteiger partial charge in [0.05, 0.1) is 0 Å². The van der Waals surface area contributed by atoms with Crippen LogP contribution in [0.2, 0.25) is 5.02 Å². The monoisotopic (exact) mass is 414 g/mol. The van der Waals surface area contributed by atoms with Crippen LogP contribution in [0, 0.1) is 0 Å². The lowest BCUT2D eigenvalue weighted by molar-refractivity contribution is 0.102. The Morgan fingerprint density at radius 2 is 1.73 bits per heavy atom. The van der Waals surface area contributed by atoms with E-state index in [1.807, 2.05) is 0 Å². The van der Waals surface area contributed by atoms with E-state index in [2.05, 4.69) is 20.2 Å². The van der Waals surface area contributed by atoms with Gasteiger partial charge in [-0.1, -0.05) is 48.6 Å². The average molecular weight is 415 g/mol. The van der Waals surface area contributed by atoms with Gasteiger partial charge in [-0.05, 0) is 37.1 Å². The van der Waals surface area contributed by atoms with E-state index in [9.17, 15) is 13.2 Å². The molecule has 0 unspecified atom stereocenters. The van der Waals surface area contributed by atoms with Crippen LogP contribution < -0.4 is 10.0 Å². The Bertz CT molecular complexity index is 860. The van der Waals surface area contributed by atoms with E-state index in [1.54, 1.807) is 24.3 Å². The Labute approximate surface area is 161 Å². The number of carbonyl (C=O) groups excluding carboxylic acids is 1. The smallest absolute Gasteiger partial charge is 0.270 e. The molecular weight excluding hydrogens is 396 g/mol. The van der Waals surface area contributed by atoms with E-state index in [0.717, 1.165) is 49.9 Å². The van der Waals surface area contributed by atoms with Crippen LogP contribution in [-0.2, 0) is 10.0 Å². The second-order valence-electron chi connectivity index (χ2n) is 6.14. The lowest BCUT2D eigenvalue weighted by Gasteiger charge is -2.14. The first-order chi connectivity index (χ1) is 12.4. The van der Waals surface area contributed by atoms with Gasteiger partial charge in [0.2, 0.25) is 9.47 Å². The Morgan fingerprint density at radius 3 is 2.38 bits per heavy atom. The quantitative estimate of drug-likeness (QED) is 0.576. The summed E-state index contributed by atoms with van der Waals surface area (Å²) in [7, 11) is -3.74. The van der Waals surface area contributed by atoms with Crippen LogP contribution in [0.5, 0.6) is 0 Å². The number of nitrogens with zero attached hydrogens (tertiary/aromatic N) is 2. The van der Waals surface area contributed by atoms with Crippen molar-refractivity contribution in [3.63, 3.8) is 0 Å². The van der Waals surface area contributed by atoms with Gasteiger partial charge in [-0.3, -0.25) is 10.1 Å². The lowest BCUT2D eigenvalue weighted by atomic mass is 10.1. The summed E-state index contributed by atoms with van der Waals surface area (Å²) in [5, 5.41) is 10.7. The Kier molecular flexibility index (Phi) is 6.23. The largest absolute Gasteiger partial charge is 0.296 e. The fourth-order valence-electron chi connectivity index (χ4n) is 2.81. The average Bonchev–Trinajstić information content (AvgIpc) is 2.93. The maximum absolute atomic E-state index is 12.5. The summed E-state index contributed by atoms with van der Waals surface area (Å²) in [6.07, 6.45) is 5.98. The van der Waals surface area contributed by atoms with Gasteiger partial charge >= 0.3 is 0 Å². The molecule has 3 rings (SSSR count). The first-order valence-corrected chi connectivity index (χ1v) is 11.0. The number of benzene rings is 1. The summed E-state index contributed by atoms with van der Waals surface area (Å²) < 4.78 is 27.5. The highest BCUT2D eigenvalue weighted by molar-refractivity contribution is 7.91. The van der Waals surface area contributed by atoms with Gasteiger partial charge in [0.1, 0.15) is 0 Å². The zero-order valence-corrected chi connectivity index (χ0v) is 16.3. The van der Waals surface area contributed by atoms with Crippen molar-refractivity contribution in [3.05, 3.63) is 34.9 Å². The molecule has 140 valence electrons. The van der Waals surface area contributed by atoms with Crippen LogP contribution in [0.4, 0.5) is 5.13 Å². The molecule has 1 heterocycles. The number of halogens is 1. The van der Waals surface area contributed by atoms with Crippen molar-refractivity contribution in [2.24, 2.45) is 0 Å². The number of sulfonamides is 1. The Hall–Kier alpha value is -1.55. The first kappa shape index (κ1) is 19.2. The number of carbonyl (C=O) groups is 1. The second kappa shape index (κ2) is 8.43. The second-order valence-corrected chi connectivity index (χ2v) is 9.45. The number of anilines is 1. The summed E-state index contributed by atoms with van der Waals surface area (Å²) in [4.78, 5) is 12.2. The predicted molar refractivity (Wildman–Crippen MR) is 101 cm³/mol. The number of amides is 1. The molecule has 10 heteroatoms. The number of rotatable bonds is 5. The fraction of sp³-hybridized carbons (Fsp3) is 0.438. The van der Waals surface area contributed by atoms with Crippen molar-refractivity contribution in [1.29, 1.82) is 0 Å². The summed E-state index contributed by atoms with van der Waals surface area (Å²) in [6, 6.07) is 6.28. The lowest BCUT2D eigenvalue weighted by Crippen LogP contribution is -2.34. The molecule has 1 saturated carbocycles. The molecule has 1 aromatic carbocycles. The highest BCUT2D eigenvalue weighted by Crippen LogP contribution is 2.23. The Balaban J connectivity index is 1.66. The molecule has 0 aliphatic heterocycles. The molecule has 2 N–H and O–H groups in total. The number of aromatic nitrogens is 2. The first-order valence-electron chi connectivity index (χ1n) is 8.37. The van der Waals surface area contributed by atoms with E-state index < -0.39 is 15.9 Å². The minimum absolute atomic E-state index is 0.0708. The molecule has 26 heavy (non-hydrogen) atoms. The van der Waals surface area contributed by atoms with Gasteiger partial charge in [-0.25, -0.2) is 13.1 Å². The van der Waals surface area contributed by atoms with E-state index in [-0.39, 0.29) is 15.5 Å². The normalized spacial score (nSPS) is 16.2. The standard InChI is InChI=1S/C16H19ClN4O3S2/c17-12-9-7-11(8-10-12)14(22)18-15-19-20-16(25-15)26(23,24)21-13-5-3-1-2-4-6-13/h7-10,13,21H,1-6H2,(H,18,19,22). The molecule has 2 aromatic rings. The molecule has 1 aromatic heterocycles. The third-order valence-corrected chi connectivity index (χ3v) is 7.12. The van der Waals surface area contributed by atoms with Crippen molar-refractivity contribution >= 4 is 44.0 Å². The van der Waals surface area contributed by atoms with Gasteiger partial charge < -0.3 is 0 Å². The van der Waals surface area contributed by atoms with Crippen LogP contribution >= 0.6 is 22.9 Å². The molecule has 1 amide bonds. The van der Waals surface area contributed by atoms with Crippen LogP contribution in [0.25, 0.3) is 0 Å². The highest BCUT2D eigenvalue weighted by atomic mass is 35.5. The Morgan fingerprint density at radius 1 is 1.08 bits per heavy atom. The topological polar surface area (TPSA) is 101 Å². The van der Waals surface area contributed by atoms with Crippen molar-refractivity contribution in [2.75, 3.05) is 5.32 Å². The molecule has 0 spiro atoms. The van der Waals surface area contributed by atoms with Crippen LogP contribution in [0.15, 0.2) is 28.6 Å². The van der Waals surface area contributed by atoms with Crippen molar-refractivity contribution in [1.82, 2.24) is 14.9 Å². The van der Waals surface area contributed by atoms with E-state index in [0.29, 0.717) is 10.6 Å². The van der Waals surface area contributed by atoms with Gasteiger partial charge in [0.25, 0.3) is 15.9 Å².